The van der Waals surface area contributed by atoms with E-state index in [1.54, 1.807) is 22.9 Å². The van der Waals surface area contributed by atoms with E-state index in [2.05, 4.69) is 10.4 Å². The Hall–Kier alpha value is -2.60. The van der Waals surface area contributed by atoms with Gasteiger partial charge in [0.1, 0.15) is 11.6 Å². The second kappa shape index (κ2) is 7.31. The maximum Gasteiger partial charge on any atom is 0.235 e. The number of thioether (sulfide) groups is 1. The van der Waals surface area contributed by atoms with E-state index in [9.17, 15) is 9.18 Å². The number of halogens is 1. The summed E-state index contributed by atoms with van der Waals surface area (Å²) in [6.07, 6.45) is 0. The minimum Gasteiger partial charge on any atom is -0.310 e. The van der Waals surface area contributed by atoms with Crippen LogP contribution < -0.4 is 5.32 Å². The Bertz CT molecular complexity index is 831. The van der Waals surface area contributed by atoms with Crippen molar-refractivity contribution >= 4 is 23.5 Å². The fourth-order valence-corrected chi connectivity index (χ4v) is 2.93. The van der Waals surface area contributed by atoms with Crippen molar-refractivity contribution in [3.63, 3.8) is 0 Å². The van der Waals surface area contributed by atoms with Gasteiger partial charge in [-0.15, -0.1) is 11.8 Å². The summed E-state index contributed by atoms with van der Waals surface area (Å²) in [7, 11) is 0. The van der Waals surface area contributed by atoms with E-state index in [1.165, 1.54) is 23.9 Å². The number of hydrogen-bond acceptors (Lipinski definition) is 3. The third kappa shape index (κ3) is 4.02. The molecule has 0 aliphatic carbocycles. The van der Waals surface area contributed by atoms with Gasteiger partial charge in [0.15, 0.2) is 0 Å². The van der Waals surface area contributed by atoms with Crippen LogP contribution in [0.2, 0.25) is 0 Å². The van der Waals surface area contributed by atoms with Crippen molar-refractivity contribution in [1.29, 1.82) is 0 Å². The van der Waals surface area contributed by atoms with Crippen molar-refractivity contribution < 1.29 is 9.18 Å². The molecule has 24 heavy (non-hydrogen) atoms. The number of nitrogens with one attached hydrogen (secondary N) is 1. The van der Waals surface area contributed by atoms with Gasteiger partial charge in [0.2, 0.25) is 5.91 Å². The number of benzene rings is 2. The second-order valence-corrected chi connectivity index (χ2v) is 6.26. The molecule has 1 amide bonds. The Morgan fingerprint density at radius 3 is 2.58 bits per heavy atom. The van der Waals surface area contributed by atoms with Crippen molar-refractivity contribution in [3.05, 3.63) is 72.2 Å². The Kier molecular flexibility index (Phi) is 4.96. The van der Waals surface area contributed by atoms with Crippen molar-refractivity contribution in [2.24, 2.45) is 0 Å². The molecule has 1 aromatic heterocycles. The number of aromatic nitrogens is 2. The van der Waals surface area contributed by atoms with Crippen molar-refractivity contribution in [2.75, 3.05) is 11.1 Å². The summed E-state index contributed by atoms with van der Waals surface area (Å²) in [5, 5.41) is 7.22. The first-order valence-corrected chi connectivity index (χ1v) is 8.41. The largest absolute Gasteiger partial charge is 0.310 e. The van der Waals surface area contributed by atoms with E-state index in [4.69, 9.17) is 0 Å². The zero-order chi connectivity index (χ0) is 16.9. The number of carbonyl (C=O) groups excluding carboxylic acids is 1. The number of anilines is 1. The molecule has 1 heterocycles. The summed E-state index contributed by atoms with van der Waals surface area (Å²) in [6, 6.07) is 17.5. The number of aryl methyl sites for hydroxylation is 1. The van der Waals surface area contributed by atoms with Gasteiger partial charge in [-0.1, -0.05) is 18.2 Å². The summed E-state index contributed by atoms with van der Waals surface area (Å²) in [6.45, 7) is 1.84. The molecule has 2 aromatic carbocycles. The van der Waals surface area contributed by atoms with Gasteiger partial charge in [-0.25, -0.2) is 9.07 Å². The number of rotatable bonds is 5. The number of amides is 1. The molecule has 0 fully saturated rings. The van der Waals surface area contributed by atoms with Crippen LogP contribution in [0.4, 0.5) is 10.2 Å². The lowest BCUT2D eigenvalue weighted by molar-refractivity contribution is -0.113. The first-order chi connectivity index (χ1) is 11.6. The summed E-state index contributed by atoms with van der Waals surface area (Å²) in [5.41, 5.74) is 1.46. The molecule has 0 unspecified atom stereocenters. The normalized spacial score (nSPS) is 10.6. The van der Waals surface area contributed by atoms with Crippen LogP contribution in [0.25, 0.3) is 5.69 Å². The Labute approximate surface area is 143 Å². The molecular formula is C18H16FN3OS. The van der Waals surface area contributed by atoms with Crippen LogP contribution in [0.3, 0.4) is 0 Å². The number of hydrogen-bond donors (Lipinski definition) is 1. The maximum atomic E-state index is 13.1. The fourth-order valence-electron chi connectivity index (χ4n) is 2.21. The van der Waals surface area contributed by atoms with Crippen molar-refractivity contribution in [2.45, 2.75) is 11.8 Å². The predicted octanol–water partition coefficient (Wildman–Crippen LogP) is 4.05. The lowest BCUT2D eigenvalue weighted by Crippen LogP contribution is -2.16. The van der Waals surface area contributed by atoms with E-state index in [0.717, 1.165) is 10.6 Å². The Morgan fingerprint density at radius 2 is 1.88 bits per heavy atom. The third-order valence-corrected chi connectivity index (χ3v) is 4.30. The monoisotopic (exact) mass is 341 g/mol. The first kappa shape index (κ1) is 16.3. The lowest BCUT2D eigenvalue weighted by Gasteiger charge is -2.09. The molecule has 0 aliphatic heterocycles. The minimum absolute atomic E-state index is 0.118. The molecule has 0 bridgehead atoms. The van der Waals surface area contributed by atoms with Gasteiger partial charge in [0.05, 0.1) is 17.1 Å². The SMILES string of the molecule is Cc1cc(NC(=O)CSc2ccccc2)n(-c2ccc(F)cc2)n1. The van der Waals surface area contributed by atoms with Gasteiger partial charge >= 0.3 is 0 Å². The van der Waals surface area contributed by atoms with Crippen LogP contribution in [-0.2, 0) is 4.79 Å². The van der Waals surface area contributed by atoms with E-state index < -0.39 is 0 Å². The summed E-state index contributed by atoms with van der Waals surface area (Å²) in [5.74, 6) is 0.440. The van der Waals surface area contributed by atoms with Crippen LogP contribution in [0.15, 0.2) is 65.6 Å². The molecule has 1 N–H and O–H groups in total. The fraction of sp³-hybridized carbons (Fsp3) is 0.111. The van der Waals surface area contributed by atoms with Gasteiger partial charge in [-0.3, -0.25) is 4.79 Å². The molecule has 0 spiro atoms. The van der Waals surface area contributed by atoms with E-state index in [0.29, 0.717) is 17.3 Å². The van der Waals surface area contributed by atoms with Gasteiger partial charge in [-0.2, -0.15) is 5.10 Å². The molecule has 3 aromatic rings. The zero-order valence-corrected chi connectivity index (χ0v) is 13.9. The standard InChI is InChI=1S/C18H16FN3OS/c1-13-11-17(22(21-13)15-9-7-14(19)8-10-15)20-18(23)12-24-16-5-3-2-4-6-16/h2-11H,12H2,1H3,(H,20,23). The highest BCUT2D eigenvalue weighted by Gasteiger charge is 2.11. The van der Waals surface area contributed by atoms with E-state index in [-0.39, 0.29) is 11.7 Å². The predicted molar refractivity (Wildman–Crippen MR) is 94.1 cm³/mol. The number of carbonyl (C=O) groups is 1. The molecule has 3 rings (SSSR count). The van der Waals surface area contributed by atoms with Gasteiger partial charge in [-0.05, 0) is 43.3 Å². The summed E-state index contributed by atoms with van der Waals surface area (Å²) < 4.78 is 14.7. The average Bonchev–Trinajstić information content (AvgIpc) is 2.95. The molecule has 0 saturated heterocycles. The molecule has 6 heteroatoms. The highest BCUT2D eigenvalue weighted by Crippen LogP contribution is 2.20. The topological polar surface area (TPSA) is 46.9 Å². The summed E-state index contributed by atoms with van der Waals surface area (Å²) in [4.78, 5) is 13.2. The highest BCUT2D eigenvalue weighted by atomic mass is 32.2. The van der Waals surface area contributed by atoms with Crippen molar-refractivity contribution in [3.8, 4) is 5.69 Å². The molecule has 4 nitrogen and oxygen atoms in total. The molecule has 0 aliphatic rings. The molecule has 0 radical (unpaired) electrons. The zero-order valence-electron chi connectivity index (χ0n) is 13.1. The van der Waals surface area contributed by atoms with Crippen LogP contribution in [-0.4, -0.2) is 21.4 Å². The maximum absolute atomic E-state index is 13.1. The second-order valence-electron chi connectivity index (χ2n) is 5.21. The number of nitrogens with zero attached hydrogens (tertiary/aromatic N) is 2. The van der Waals surface area contributed by atoms with Gasteiger partial charge < -0.3 is 5.32 Å². The molecule has 122 valence electrons. The minimum atomic E-state index is -0.313. The Morgan fingerprint density at radius 1 is 1.17 bits per heavy atom. The quantitative estimate of drug-likeness (QED) is 0.712. The first-order valence-electron chi connectivity index (χ1n) is 7.42. The van der Waals surface area contributed by atoms with E-state index >= 15 is 0 Å². The van der Waals surface area contributed by atoms with Crippen LogP contribution in [0, 0.1) is 12.7 Å². The van der Waals surface area contributed by atoms with Crippen LogP contribution in [0.5, 0.6) is 0 Å². The molecular weight excluding hydrogens is 325 g/mol. The highest BCUT2D eigenvalue weighted by molar-refractivity contribution is 8.00. The molecule has 0 saturated carbocycles. The smallest absolute Gasteiger partial charge is 0.235 e. The van der Waals surface area contributed by atoms with Crippen LogP contribution in [0.1, 0.15) is 5.69 Å². The molecule has 0 atom stereocenters. The summed E-state index contributed by atoms with van der Waals surface area (Å²) >= 11 is 1.47. The van der Waals surface area contributed by atoms with Crippen molar-refractivity contribution in [1.82, 2.24) is 9.78 Å². The third-order valence-electron chi connectivity index (χ3n) is 3.28. The Balaban J connectivity index is 1.71. The van der Waals surface area contributed by atoms with Gasteiger partial charge in [0, 0.05) is 11.0 Å². The lowest BCUT2D eigenvalue weighted by atomic mass is 10.3. The average molecular weight is 341 g/mol. The van der Waals surface area contributed by atoms with Crippen LogP contribution >= 0.6 is 11.8 Å². The van der Waals surface area contributed by atoms with Gasteiger partial charge in [0.25, 0.3) is 0 Å². The van der Waals surface area contributed by atoms with E-state index in [1.807, 2.05) is 37.3 Å².